The topological polar surface area (TPSA) is 101 Å². The van der Waals surface area contributed by atoms with Crippen LogP contribution in [0.3, 0.4) is 0 Å². The molecule has 124 valence electrons. The standard InChI is InChI=1S/C13H18FN3O3S.ClH/c1-13(2,15)12(18)16-9-5-6-10(14)11(7-9)21(19,20)17-8-3-4-8;/h5-8,17H,3-4,15H2,1-2H3,(H,16,18);1H. The van der Waals surface area contributed by atoms with Gasteiger partial charge in [0.05, 0.1) is 5.54 Å². The largest absolute Gasteiger partial charge is 0.324 e. The van der Waals surface area contributed by atoms with Crippen LogP contribution in [0.4, 0.5) is 10.1 Å². The van der Waals surface area contributed by atoms with Crippen LogP contribution in [-0.4, -0.2) is 25.9 Å². The first kappa shape index (κ1) is 18.8. The second-order valence-electron chi connectivity index (χ2n) is 5.72. The molecule has 6 nitrogen and oxygen atoms in total. The monoisotopic (exact) mass is 351 g/mol. The highest BCUT2D eigenvalue weighted by molar-refractivity contribution is 7.89. The van der Waals surface area contributed by atoms with Gasteiger partial charge >= 0.3 is 0 Å². The Morgan fingerprint density at radius 1 is 1.36 bits per heavy atom. The summed E-state index contributed by atoms with van der Waals surface area (Å²) < 4.78 is 40.2. The minimum atomic E-state index is -3.93. The molecule has 0 unspecified atom stereocenters. The van der Waals surface area contributed by atoms with Gasteiger partial charge in [-0.3, -0.25) is 4.79 Å². The lowest BCUT2D eigenvalue weighted by Gasteiger charge is -2.18. The second-order valence-corrected chi connectivity index (χ2v) is 7.40. The van der Waals surface area contributed by atoms with E-state index in [1.165, 1.54) is 19.9 Å². The number of hydrogen-bond donors (Lipinski definition) is 3. The number of rotatable bonds is 5. The molecule has 0 radical (unpaired) electrons. The molecule has 0 bridgehead atoms. The summed E-state index contributed by atoms with van der Waals surface area (Å²) in [6, 6.07) is 3.25. The minimum absolute atomic E-state index is 0. The maximum Gasteiger partial charge on any atom is 0.243 e. The molecule has 0 aliphatic heterocycles. The third-order valence-electron chi connectivity index (χ3n) is 2.96. The number of amides is 1. The fourth-order valence-electron chi connectivity index (χ4n) is 1.56. The Morgan fingerprint density at radius 3 is 2.45 bits per heavy atom. The molecular formula is C13H19ClFN3O3S. The van der Waals surface area contributed by atoms with E-state index < -0.39 is 32.2 Å². The van der Waals surface area contributed by atoms with Crippen LogP contribution in [0.5, 0.6) is 0 Å². The molecule has 0 spiro atoms. The number of carbonyl (C=O) groups is 1. The second kappa shape index (κ2) is 6.49. The van der Waals surface area contributed by atoms with Crippen LogP contribution in [0.2, 0.25) is 0 Å². The van der Waals surface area contributed by atoms with Crippen molar-refractivity contribution in [3.8, 4) is 0 Å². The Kier molecular flexibility index (Phi) is 5.56. The van der Waals surface area contributed by atoms with E-state index in [0.717, 1.165) is 25.0 Å². The molecule has 2 rings (SSSR count). The molecule has 1 amide bonds. The fourth-order valence-corrected chi connectivity index (χ4v) is 2.97. The number of anilines is 1. The SMILES string of the molecule is CC(C)(N)C(=O)Nc1ccc(F)c(S(=O)(=O)NC2CC2)c1.Cl. The van der Waals surface area contributed by atoms with Crippen LogP contribution in [0, 0.1) is 5.82 Å². The van der Waals surface area contributed by atoms with Gasteiger partial charge in [-0.05, 0) is 44.9 Å². The summed E-state index contributed by atoms with van der Waals surface area (Å²) in [6.07, 6.45) is 1.50. The number of halogens is 2. The van der Waals surface area contributed by atoms with E-state index >= 15 is 0 Å². The van der Waals surface area contributed by atoms with Gasteiger partial charge in [-0.2, -0.15) is 0 Å². The van der Waals surface area contributed by atoms with Crippen molar-refractivity contribution in [3.63, 3.8) is 0 Å². The zero-order valence-electron chi connectivity index (χ0n) is 12.2. The normalized spacial score (nSPS) is 15.1. The quantitative estimate of drug-likeness (QED) is 0.745. The Bertz CT molecular complexity index is 670. The molecule has 4 N–H and O–H groups in total. The zero-order chi connectivity index (χ0) is 15.8. The van der Waals surface area contributed by atoms with Gasteiger partial charge in [-0.15, -0.1) is 12.4 Å². The van der Waals surface area contributed by atoms with Crippen LogP contribution < -0.4 is 15.8 Å². The number of carbonyl (C=O) groups excluding carboxylic acids is 1. The molecule has 0 heterocycles. The molecule has 1 aromatic carbocycles. The van der Waals surface area contributed by atoms with Gasteiger partial charge in [0, 0.05) is 11.7 Å². The smallest absolute Gasteiger partial charge is 0.243 e. The van der Waals surface area contributed by atoms with Crippen LogP contribution in [0.1, 0.15) is 26.7 Å². The molecule has 9 heteroatoms. The first-order valence-electron chi connectivity index (χ1n) is 6.52. The van der Waals surface area contributed by atoms with Gasteiger partial charge in [0.15, 0.2) is 0 Å². The zero-order valence-corrected chi connectivity index (χ0v) is 13.9. The van der Waals surface area contributed by atoms with E-state index in [-0.39, 0.29) is 24.1 Å². The lowest BCUT2D eigenvalue weighted by atomic mass is 10.1. The summed E-state index contributed by atoms with van der Waals surface area (Å²) in [4.78, 5) is 11.3. The first-order valence-corrected chi connectivity index (χ1v) is 8.00. The van der Waals surface area contributed by atoms with Crippen molar-refractivity contribution >= 4 is 34.0 Å². The van der Waals surface area contributed by atoms with Gasteiger partial charge in [-0.25, -0.2) is 17.5 Å². The van der Waals surface area contributed by atoms with Crippen molar-refractivity contribution < 1.29 is 17.6 Å². The molecule has 1 fully saturated rings. The summed E-state index contributed by atoms with van der Waals surface area (Å²) >= 11 is 0. The number of benzene rings is 1. The maximum absolute atomic E-state index is 13.8. The number of nitrogens with one attached hydrogen (secondary N) is 2. The fraction of sp³-hybridized carbons (Fsp3) is 0.462. The molecule has 0 saturated heterocycles. The van der Waals surface area contributed by atoms with Crippen molar-refractivity contribution in [1.29, 1.82) is 0 Å². The number of sulfonamides is 1. The van der Waals surface area contributed by atoms with E-state index in [2.05, 4.69) is 10.0 Å². The van der Waals surface area contributed by atoms with Gasteiger partial charge in [0.2, 0.25) is 15.9 Å². The van der Waals surface area contributed by atoms with E-state index in [1.807, 2.05) is 0 Å². The highest BCUT2D eigenvalue weighted by atomic mass is 35.5. The number of nitrogens with two attached hydrogens (primary N) is 1. The average molecular weight is 352 g/mol. The average Bonchev–Trinajstić information content (AvgIpc) is 3.13. The van der Waals surface area contributed by atoms with E-state index in [4.69, 9.17) is 5.73 Å². The third kappa shape index (κ3) is 4.64. The van der Waals surface area contributed by atoms with Crippen molar-refractivity contribution in [2.75, 3.05) is 5.32 Å². The van der Waals surface area contributed by atoms with E-state index in [9.17, 15) is 17.6 Å². The van der Waals surface area contributed by atoms with Crippen molar-refractivity contribution in [3.05, 3.63) is 24.0 Å². The Balaban J connectivity index is 0.00000242. The van der Waals surface area contributed by atoms with Crippen LogP contribution >= 0.6 is 12.4 Å². The molecule has 1 aliphatic carbocycles. The van der Waals surface area contributed by atoms with Gasteiger partial charge in [-0.1, -0.05) is 0 Å². The van der Waals surface area contributed by atoms with Crippen molar-refractivity contribution in [2.45, 2.75) is 43.2 Å². The summed E-state index contributed by atoms with van der Waals surface area (Å²) in [6.45, 7) is 3.02. The molecule has 1 aromatic rings. The molecular weight excluding hydrogens is 333 g/mol. The lowest BCUT2D eigenvalue weighted by Crippen LogP contribution is -2.45. The summed E-state index contributed by atoms with van der Waals surface area (Å²) in [5.74, 6) is -1.36. The van der Waals surface area contributed by atoms with Gasteiger partial charge in [0.25, 0.3) is 0 Å². The van der Waals surface area contributed by atoms with E-state index in [1.54, 1.807) is 0 Å². The molecule has 1 aliphatic rings. The first-order chi connectivity index (χ1) is 9.59. The minimum Gasteiger partial charge on any atom is -0.324 e. The van der Waals surface area contributed by atoms with E-state index in [0.29, 0.717) is 0 Å². The summed E-state index contributed by atoms with van der Waals surface area (Å²) in [7, 11) is -3.93. The lowest BCUT2D eigenvalue weighted by molar-refractivity contribution is -0.120. The Labute approximate surface area is 135 Å². The highest BCUT2D eigenvalue weighted by Crippen LogP contribution is 2.25. The molecule has 0 atom stereocenters. The van der Waals surface area contributed by atoms with Gasteiger partial charge < -0.3 is 11.1 Å². The maximum atomic E-state index is 13.8. The van der Waals surface area contributed by atoms with Crippen LogP contribution in [-0.2, 0) is 14.8 Å². The molecule has 0 aromatic heterocycles. The summed E-state index contributed by atoms with van der Waals surface area (Å²) in [5, 5.41) is 2.47. The Morgan fingerprint density at radius 2 is 1.95 bits per heavy atom. The van der Waals surface area contributed by atoms with Crippen molar-refractivity contribution in [1.82, 2.24) is 4.72 Å². The molecule has 1 saturated carbocycles. The van der Waals surface area contributed by atoms with Crippen LogP contribution in [0.25, 0.3) is 0 Å². The number of hydrogen-bond acceptors (Lipinski definition) is 4. The molecule has 22 heavy (non-hydrogen) atoms. The van der Waals surface area contributed by atoms with Gasteiger partial charge in [0.1, 0.15) is 10.7 Å². The highest BCUT2D eigenvalue weighted by Gasteiger charge is 2.30. The third-order valence-corrected chi connectivity index (χ3v) is 4.50. The predicted octanol–water partition coefficient (Wildman–Crippen LogP) is 1.36. The Hall–Kier alpha value is -1.22. The summed E-state index contributed by atoms with van der Waals surface area (Å²) in [5.41, 5.74) is 4.69. The van der Waals surface area contributed by atoms with Crippen LogP contribution in [0.15, 0.2) is 23.1 Å². The predicted molar refractivity (Wildman–Crippen MR) is 83.9 cm³/mol. The van der Waals surface area contributed by atoms with Crippen molar-refractivity contribution in [2.24, 2.45) is 5.73 Å².